The molecule has 1 unspecified atom stereocenters. The zero-order valence-electron chi connectivity index (χ0n) is 8.98. The van der Waals surface area contributed by atoms with Gasteiger partial charge in [-0.2, -0.15) is 0 Å². The largest absolute Gasteiger partial charge is 0.486 e. The molecule has 0 fully saturated rings. The Morgan fingerprint density at radius 1 is 1.06 bits per heavy atom. The van der Waals surface area contributed by atoms with Crippen molar-refractivity contribution < 1.29 is 9.13 Å². The molecule has 0 amide bonds. The van der Waals surface area contributed by atoms with E-state index < -0.39 is 0 Å². The van der Waals surface area contributed by atoms with Crippen molar-refractivity contribution in [2.45, 2.75) is 13.0 Å². The summed E-state index contributed by atoms with van der Waals surface area (Å²) >= 11 is 0. The molecule has 1 radical (unpaired) electrons. The van der Waals surface area contributed by atoms with Crippen LogP contribution in [0.3, 0.4) is 0 Å². The number of benzene rings is 2. The van der Waals surface area contributed by atoms with Gasteiger partial charge in [0.1, 0.15) is 17.7 Å². The molecule has 0 aliphatic rings. The highest BCUT2D eigenvalue weighted by Gasteiger charge is 2.06. The number of hydrogen-bond acceptors (Lipinski definition) is 1. The summed E-state index contributed by atoms with van der Waals surface area (Å²) in [6.07, 6.45) is -0.0944. The monoisotopic (exact) mass is 215 g/mol. The number of ether oxygens (including phenoxy) is 1. The van der Waals surface area contributed by atoms with E-state index in [-0.39, 0.29) is 11.9 Å². The molecule has 1 atom stereocenters. The van der Waals surface area contributed by atoms with Gasteiger partial charge < -0.3 is 4.74 Å². The third kappa shape index (κ3) is 2.60. The zero-order valence-corrected chi connectivity index (χ0v) is 8.98. The molecule has 0 saturated heterocycles. The Bertz CT molecular complexity index is 436. The van der Waals surface area contributed by atoms with Crippen LogP contribution in [0.2, 0.25) is 0 Å². The van der Waals surface area contributed by atoms with Gasteiger partial charge in [-0.05, 0) is 42.8 Å². The van der Waals surface area contributed by atoms with E-state index in [4.69, 9.17) is 4.74 Å². The molecule has 0 bridgehead atoms. The smallest absolute Gasteiger partial charge is 0.123 e. The van der Waals surface area contributed by atoms with Gasteiger partial charge in [0.15, 0.2) is 0 Å². The van der Waals surface area contributed by atoms with E-state index in [0.29, 0.717) is 0 Å². The zero-order chi connectivity index (χ0) is 11.4. The third-order valence-electron chi connectivity index (χ3n) is 2.34. The van der Waals surface area contributed by atoms with Crippen molar-refractivity contribution in [1.82, 2.24) is 0 Å². The van der Waals surface area contributed by atoms with Crippen LogP contribution in [0.25, 0.3) is 0 Å². The second-order valence-corrected chi connectivity index (χ2v) is 3.55. The van der Waals surface area contributed by atoms with Gasteiger partial charge in [-0.3, -0.25) is 0 Å². The Balaban J connectivity index is 2.09. The van der Waals surface area contributed by atoms with Crippen LogP contribution in [0.15, 0.2) is 48.5 Å². The van der Waals surface area contributed by atoms with E-state index in [1.54, 1.807) is 24.3 Å². The van der Waals surface area contributed by atoms with Crippen molar-refractivity contribution in [3.63, 3.8) is 0 Å². The average molecular weight is 215 g/mol. The van der Waals surface area contributed by atoms with E-state index in [9.17, 15) is 4.39 Å². The molecule has 0 aliphatic heterocycles. The first-order valence-corrected chi connectivity index (χ1v) is 5.14. The minimum absolute atomic E-state index is 0.0944. The Hall–Kier alpha value is -1.83. The molecule has 2 aromatic rings. The van der Waals surface area contributed by atoms with Gasteiger partial charge in [-0.15, -0.1) is 0 Å². The Morgan fingerprint density at radius 2 is 1.69 bits per heavy atom. The SMILES string of the molecule is CC(Oc1cc[c]cc1)c1ccc(F)cc1. The van der Waals surface area contributed by atoms with Gasteiger partial charge in [-0.1, -0.05) is 24.3 Å². The van der Waals surface area contributed by atoms with Crippen LogP contribution in [-0.2, 0) is 0 Å². The summed E-state index contributed by atoms with van der Waals surface area (Å²) in [4.78, 5) is 0. The van der Waals surface area contributed by atoms with Gasteiger partial charge in [0.2, 0.25) is 0 Å². The summed E-state index contributed by atoms with van der Waals surface area (Å²) < 4.78 is 18.4. The molecule has 16 heavy (non-hydrogen) atoms. The third-order valence-corrected chi connectivity index (χ3v) is 2.34. The van der Waals surface area contributed by atoms with Crippen LogP contribution in [0.5, 0.6) is 5.75 Å². The maximum atomic E-state index is 12.7. The van der Waals surface area contributed by atoms with Crippen LogP contribution in [0.1, 0.15) is 18.6 Å². The quantitative estimate of drug-likeness (QED) is 0.757. The topological polar surface area (TPSA) is 9.23 Å². The van der Waals surface area contributed by atoms with Crippen LogP contribution in [0, 0.1) is 11.9 Å². The normalized spacial score (nSPS) is 12.1. The van der Waals surface area contributed by atoms with Crippen LogP contribution < -0.4 is 4.74 Å². The molecule has 0 spiro atoms. The summed E-state index contributed by atoms with van der Waals surface area (Å²) in [6.45, 7) is 1.93. The molecule has 1 nitrogen and oxygen atoms in total. The van der Waals surface area contributed by atoms with Gasteiger partial charge in [0, 0.05) is 0 Å². The molecule has 0 aromatic heterocycles. The second-order valence-electron chi connectivity index (χ2n) is 3.55. The van der Waals surface area contributed by atoms with Crippen LogP contribution >= 0.6 is 0 Å². The van der Waals surface area contributed by atoms with E-state index in [1.807, 2.05) is 19.1 Å². The number of halogens is 1. The van der Waals surface area contributed by atoms with E-state index in [1.165, 1.54) is 12.1 Å². The highest BCUT2D eigenvalue weighted by molar-refractivity contribution is 5.24. The Morgan fingerprint density at radius 3 is 2.31 bits per heavy atom. The molecular formula is C14H12FO. The standard InChI is InChI=1S/C14H12FO/c1-11(12-7-9-13(15)10-8-12)16-14-5-3-2-4-6-14/h3-11H,1H3. The minimum Gasteiger partial charge on any atom is -0.486 e. The van der Waals surface area contributed by atoms with Gasteiger partial charge >= 0.3 is 0 Å². The van der Waals surface area contributed by atoms with Crippen molar-refractivity contribution >= 4 is 0 Å². The first-order chi connectivity index (χ1) is 7.75. The van der Waals surface area contributed by atoms with Crippen LogP contribution in [0.4, 0.5) is 4.39 Å². The lowest BCUT2D eigenvalue weighted by Crippen LogP contribution is -2.02. The number of hydrogen-bond donors (Lipinski definition) is 0. The molecule has 81 valence electrons. The van der Waals surface area contributed by atoms with Crippen molar-refractivity contribution in [3.8, 4) is 5.75 Å². The fraction of sp³-hybridized carbons (Fsp3) is 0.143. The van der Waals surface area contributed by atoms with Crippen molar-refractivity contribution in [2.24, 2.45) is 0 Å². The van der Waals surface area contributed by atoms with Crippen molar-refractivity contribution in [3.05, 3.63) is 66.0 Å². The molecule has 2 rings (SSSR count). The molecular weight excluding hydrogens is 203 g/mol. The van der Waals surface area contributed by atoms with Gasteiger partial charge in [0.25, 0.3) is 0 Å². The van der Waals surface area contributed by atoms with E-state index in [2.05, 4.69) is 6.07 Å². The van der Waals surface area contributed by atoms with Gasteiger partial charge in [0.05, 0.1) is 0 Å². The summed E-state index contributed by atoms with van der Waals surface area (Å²) in [5, 5.41) is 0. The van der Waals surface area contributed by atoms with E-state index in [0.717, 1.165) is 11.3 Å². The highest BCUT2D eigenvalue weighted by Crippen LogP contribution is 2.21. The summed E-state index contributed by atoms with van der Waals surface area (Å²) in [7, 11) is 0. The molecule has 0 N–H and O–H groups in total. The van der Waals surface area contributed by atoms with Crippen LogP contribution in [-0.4, -0.2) is 0 Å². The minimum atomic E-state index is -0.231. The number of rotatable bonds is 3. The maximum absolute atomic E-state index is 12.7. The summed E-state index contributed by atoms with van der Waals surface area (Å²) in [6, 6.07) is 16.6. The van der Waals surface area contributed by atoms with Crippen molar-refractivity contribution in [2.75, 3.05) is 0 Å². The lowest BCUT2D eigenvalue weighted by atomic mass is 10.1. The lowest BCUT2D eigenvalue weighted by Gasteiger charge is -2.14. The first-order valence-electron chi connectivity index (χ1n) is 5.14. The summed E-state index contributed by atoms with van der Waals surface area (Å²) in [5.74, 6) is 0.556. The van der Waals surface area contributed by atoms with Crippen molar-refractivity contribution in [1.29, 1.82) is 0 Å². The molecule has 2 aromatic carbocycles. The molecule has 0 saturated carbocycles. The lowest BCUT2D eigenvalue weighted by molar-refractivity contribution is 0.227. The fourth-order valence-corrected chi connectivity index (χ4v) is 1.46. The Kier molecular flexibility index (Phi) is 3.20. The van der Waals surface area contributed by atoms with E-state index >= 15 is 0 Å². The molecule has 0 aliphatic carbocycles. The first kappa shape index (κ1) is 10.7. The molecule has 2 heteroatoms. The van der Waals surface area contributed by atoms with Gasteiger partial charge in [-0.25, -0.2) is 4.39 Å². The second kappa shape index (κ2) is 4.79. The fourth-order valence-electron chi connectivity index (χ4n) is 1.46. The predicted molar refractivity (Wildman–Crippen MR) is 60.7 cm³/mol. The predicted octanol–water partition coefficient (Wildman–Crippen LogP) is 3.77. The Labute approximate surface area is 94.5 Å². The molecule has 0 heterocycles. The summed E-state index contributed by atoms with van der Waals surface area (Å²) in [5.41, 5.74) is 0.953. The average Bonchev–Trinajstić information content (AvgIpc) is 2.31. The highest BCUT2D eigenvalue weighted by atomic mass is 19.1. The maximum Gasteiger partial charge on any atom is 0.123 e.